The Hall–Kier alpha value is -2.42. The van der Waals surface area contributed by atoms with Crippen LogP contribution in [-0.4, -0.2) is 10.7 Å². The average molecular weight is 387 g/mol. The average Bonchev–Trinajstić information content (AvgIpc) is 2.77. The third kappa shape index (κ3) is 4.44. The van der Waals surface area contributed by atoms with Gasteiger partial charge in [-0.1, -0.05) is 104 Å². The number of hydrogen-bond acceptors (Lipinski definition) is 1. The number of rotatable bonds is 6. The summed E-state index contributed by atoms with van der Waals surface area (Å²) in [5.41, 5.74) is 3.11. The molecule has 1 fully saturated rings. The number of benzene rings is 3. The van der Waals surface area contributed by atoms with Crippen molar-refractivity contribution in [2.45, 2.75) is 50.3 Å². The first-order chi connectivity index (χ1) is 14.2. The Morgan fingerprint density at radius 1 is 0.828 bits per heavy atom. The molecule has 3 aromatic rings. The van der Waals surface area contributed by atoms with Gasteiger partial charge in [-0.3, -0.25) is 0 Å². The van der Waals surface area contributed by atoms with Crippen LogP contribution in [0.4, 0.5) is 0 Å². The standard InChI is InChI=1S/C27H31NO/c1-2-12-24-26(23-17-10-5-11-18-23)28-25(22-15-8-4-9-16-22)20-27(24,29)19-21-13-6-3-7-14-21/h3-11,13-18,24-26,28-29H,2,12,19-20H2,1H3/p+1/t24-,25-,26+,27+/m0/s1. The van der Waals surface area contributed by atoms with E-state index in [-0.39, 0.29) is 18.0 Å². The molecule has 0 amide bonds. The van der Waals surface area contributed by atoms with Crippen molar-refractivity contribution < 1.29 is 10.4 Å². The van der Waals surface area contributed by atoms with Gasteiger partial charge in [0.05, 0.1) is 5.60 Å². The van der Waals surface area contributed by atoms with Crippen molar-refractivity contribution in [1.82, 2.24) is 0 Å². The molecule has 1 heterocycles. The molecule has 0 bridgehead atoms. The van der Waals surface area contributed by atoms with Gasteiger partial charge in [0.1, 0.15) is 12.1 Å². The minimum atomic E-state index is -0.729. The van der Waals surface area contributed by atoms with Crippen molar-refractivity contribution >= 4 is 0 Å². The van der Waals surface area contributed by atoms with E-state index in [1.165, 1.54) is 16.7 Å². The molecule has 1 aliphatic heterocycles. The monoisotopic (exact) mass is 386 g/mol. The minimum absolute atomic E-state index is 0.218. The zero-order valence-corrected chi connectivity index (χ0v) is 17.2. The van der Waals surface area contributed by atoms with Gasteiger partial charge in [0.15, 0.2) is 0 Å². The first-order valence-electron chi connectivity index (χ1n) is 10.9. The molecule has 150 valence electrons. The molecule has 3 aromatic carbocycles. The van der Waals surface area contributed by atoms with Gasteiger partial charge in [0, 0.05) is 29.9 Å². The van der Waals surface area contributed by atoms with Gasteiger partial charge in [-0.15, -0.1) is 0 Å². The van der Waals surface area contributed by atoms with Crippen molar-refractivity contribution in [2.24, 2.45) is 5.92 Å². The van der Waals surface area contributed by atoms with Gasteiger partial charge < -0.3 is 10.4 Å². The van der Waals surface area contributed by atoms with Crippen molar-refractivity contribution in [3.63, 3.8) is 0 Å². The Kier molecular flexibility index (Phi) is 6.13. The van der Waals surface area contributed by atoms with Crippen LogP contribution in [0.15, 0.2) is 91.0 Å². The Morgan fingerprint density at radius 2 is 1.38 bits per heavy atom. The van der Waals surface area contributed by atoms with Gasteiger partial charge in [0.2, 0.25) is 0 Å². The third-order valence-corrected chi connectivity index (χ3v) is 6.50. The number of piperidine rings is 1. The molecular formula is C27H32NO+. The third-order valence-electron chi connectivity index (χ3n) is 6.50. The summed E-state index contributed by atoms with van der Waals surface area (Å²) >= 11 is 0. The van der Waals surface area contributed by atoms with Crippen LogP contribution in [0.1, 0.15) is 55.0 Å². The number of aliphatic hydroxyl groups is 1. The summed E-state index contributed by atoms with van der Waals surface area (Å²) in [6.45, 7) is 2.23. The number of quaternary nitrogens is 1. The molecule has 4 rings (SSSR count). The van der Waals surface area contributed by atoms with Crippen LogP contribution >= 0.6 is 0 Å². The molecule has 1 aliphatic rings. The van der Waals surface area contributed by atoms with Crippen molar-refractivity contribution in [1.29, 1.82) is 0 Å². The quantitative estimate of drug-likeness (QED) is 0.626. The SMILES string of the molecule is CCC[C@H]1[C@@H](c2ccccc2)[NH2+][C@H](c2ccccc2)C[C@]1(O)Cc1ccccc1. The number of hydrogen-bond donors (Lipinski definition) is 2. The van der Waals surface area contributed by atoms with E-state index >= 15 is 0 Å². The van der Waals surface area contributed by atoms with E-state index in [2.05, 4.69) is 97.2 Å². The largest absolute Gasteiger partial charge is 0.389 e. The molecule has 3 N–H and O–H groups in total. The van der Waals surface area contributed by atoms with Crippen LogP contribution in [0.5, 0.6) is 0 Å². The van der Waals surface area contributed by atoms with Crippen LogP contribution in [0.3, 0.4) is 0 Å². The van der Waals surface area contributed by atoms with E-state index in [0.29, 0.717) is 6.42 Å². The molecule has 0 saturated carbocycles. The molecule has 0 unspecified atom stereocenters. The van der Waals surface area contributed by atoms with Crippen LogP contribution in [0, 0.1) is 5.92 Å². The Morgan fingerprint density at radius 3 is 1.97 bits per heavy atom. The molecule has 0 radical (unpaired) electrons. The van der Waals surface area contributed by atoms with Crippen LogP contribution in [0.2, 0.25) is 0 Å². The Balaban J connectivity index is 1.75. The Bertz CT molecular complexity index is 880. The fraction of sp³-hybridized carbons (Fsp3) is 0.333. The smallest absolute Gasteiger partial charge is 0.118 e. The lowest BCUT2D eigenvalue weighted by molar-refractivity contribution is -0.757. The summed E-state index contributed by atoms with van der Waals surface area (Å²) in [6.07, 6.45) is 3.59. The normalized spacial score (nSPS) is 26.9. The van der Waals surface area contributed by atoms with E-state index in [1.807, 2.05) is 6.07 Å². The summed E-state index contributed by atoms with van der Waals surface area (Å²) in [6, 6.07) is 32.4. The zero-order valence-electron chi connectivity index (χ0n) is 17.2. The van der Waals surface area contributed by atoms with Crippen LogP contribution in [-0.2, 0) is 6.42 Å². The maximum atomic E-state index is 12.2. The maximum absolute atomic E-state index is 12.2. The van der Waals surface area contributed by atoms with E-state index in [9.17, 15) is 5.11 Å². The second-order valence-electron chi connectivity index (χ2n) is 8.51. The molecular weight excluding hydrogens is 354 g/mol. The second-order valence-corrected chi connectivity index (χ2v) is 8.51. The van der Waals surface area contributed by atoms with Crippen molar-refractivity contribution in [3.8, 4) is 0 Å². The predicted octanol–water partition coefficient (Wildman–Crippen LogP) is 4.83. The van der Waals surface area contributed by atoms with Gasteiger partial charge in [-0.25, -0.2) is 0 Å². The second kappa shape index (κ2) is 8.94. The van der Waals surface area contributed by atoms with Gasteiger partial charge in [0.25, 0.3) is 0 Å². The fourth-order valence-electron chi connectivity index (χ4n) is 5.18. The first kappa shape index (κ1) is 19.9. The lowest BCUT2D eigenvalue weighted by Crippen LogP contribution is -2.91. The van der Waals surface area contributed by atoms with Crippen LogP contribution < -0.4 is 5.32 Å². The minimum Gasteiger partial charge on any atom is -0.389 e. The summed E-state index contributed by atoms with van der Waals surface area (Å²) in [5, 5.41) is 14.7. The molecule has 0 aromatic heterocycles. The maximum Gasteiger partial charge on any atom is 0.118 e. The van der Waals surface area contributed by atoms with Crippen molar-refractivity contribution in [3.05, 3.63) is 108 Å². The summed E-state index contributed by atoms with van der Waals surface area (Å²) in [5.74, 6) is 0.218. The topological polar surface area (TPSA) is 36.8 Å². The fourth-order valence-corrected chi connectivity index (χ4v) is 5.18. The molecule has 0 spiro atoms. The first-order valence-corrected chi connectivity index (χ1v) is 10.9. The summed E-state index contributed by atoms with van der Waals surface area (Å²) in [7, 11) is 0. The lowest BCUT2D eigenvalue weighted by atomic mass is 9.67. The van der Waals surface area contributed by atoms with Gasteiger partial charge >= 0.3 is 0 Å². The molecule has 29 heavy (non-hydrogen) atoms. The molecule has 2 heteroatoms. The molecule has 2 nitrogen and oxygen atoms in total. The zero-order chi connectivity index (χ0) is 20.1. The lowest BCUT2D eigenvalue weighted by Gasteiger charge is -2.46. The molecule has 1 saturated heterocycles. The highest BCUT2D eigenvalue weighted by Crippen LogP contribution is 2.43. The summed E-state index contributed by atoms with van der Waals surface area (Å²) < 4.78 is 0. The van der Waals surface area contributed by atoms with E-state index in [1.54, 1.807) is 0 Å². The summed E-state index contributed by atoms with van der Waals surface area (Å²) in [4.78, 5) is 0. The Labute approximate surface area is 174 Å². The highest BCUT2D eigenvalue weighted by atomic mass is 16.3. The predicted molar refractivity (Wildman–Crippen MR) is 118 cm³/mol. The molecule has 4 atom stereocenters. The number of nitrogens with two attached hydrogens (primary N) is 1. The van der Waals surface area contributed by atoms with Gasteiger partial charge in [-0.05, 0) is 12.0 Å². The van der Waals surface area contributed by atoms with Crippen LogP contribution in [0.25, 0.3) is 0 Å². The van der Waals surface area contributed by atoms with E-state index in [0.717, 1.165) is 19.3 Å². The van der Waals surface area contributed by atoms with Crippen molar-refractivity contribution in [2.75, 3.05) is 0 Å². The van der Waals surface area contributed by atoms with Gasteiger partial charge in [-0.2, -0.15) is 0 Å². The molecule has 0 aliphatic carbocycles. The highest BCUT2D eigenvalue weighted by molar-refractivity contribution is 5.25. The highest BCUT2D eigenvalue weighted by Gasteiger charge is 2.50. The van der Waals surface area contributed by atoms with E-state index in [4.69, 9.17) is 0 Å². The van der Waals surface area contributed by atoms with E-state index < -0.39 is 5.60 Å².